The summed E-state index contributed by atoms with van der Waals surface area (Å²) in [5, 5.41) is 21.2. The topological polar surface area (TPSA) is 79.1 Å². The first-order valence-electron chi connectivity index (χ1n) is 7.79. The monoisotopic (exact) mass is 305 g/mol. The van der Waals surface area contributed by atoms with E-state index in [9.17, 15) is 4.79 Å². The van der Waals surface area contributed by atoms with Crippen LogP contribution < -0.4 is 4.74 Å². The van der Waals surface area contributed by atoms with Gasteiger partial charge in [-0.3, -0.25) is 0 Å². The van der Waals surface area contributed by atoms with E-state index in [0.29, 0.717) is 11.7 Å². The van der Waals surface area contributed by atoms with Gasteiger partial charge >= 0.3 is 5.97 Å². The molecule has 1 unspecified atom stereocenters. The first-order valence-corrected chi connectivity index (χ1v) is 7.79. The fourth-order valence-electron chi connectivity index (χ4n) is 3.11. The smallest absolute Gasteiger partial charge is 0.341 e. The Kier molecular flexibility index (Phi) is 5.81. The third-order valence-electron chi connectivity index (χ3n) is 4.10. The van der Waals surface area contributed by atoms with E-state index in [-0.39, 0.29) is 6.61 Å². The van der Waals surface area contributed by atoms with Crippen LogP contribution in [0.15, 0.2) is 23.4 Å². The Hall–Kier alpha value is -2.04. The number of carboxylic acids is 1. The summed E-state index contributed by atoms with van der Waals surface area (Å²) in [5.74, 6) is 0.192. The van der Waals surface area contributed by atoms with Crippen LogP contribution in [0, 0.1) is 5.92 Å². The molecule has 0 heterocycles. The van der Waals surface area contributed by atoms with Gasteiger partial charge in [0, 0.05) is 0 Å². The normalized spacial score (nSPS) is 17.9. The summed E-state index contributed by atoms with van der Waals surface area (Å²) in [6.45, 7) is 1.77. The molecule has 2 rings (SSSR count). The van der Waals surface area contributed by atoms with Gasteiger partial charge in [0.1, 0.15) is 5.75 Å². The number of carbonyl (C=O) groups is 1. The Bertz CT molecular complexity index is 554. The largest absolute Gasteiger partial charge is 0.482 e. The number of nitrogens with zero attached hydrogens (tertiary/aromatic N) is 1. The first-order chi connectivity index (χ1) is 10.6. The lowest BCUT2D eigenvalue weighted by Gasteiger charge is -2.26. The van der Waals surface area contributed by atoms with Gasteiger partial charge in [-0.15, -0.1) is 0 Å². The van der Waals surface area contributed by atoms with Crippen LogP contribution in [-0.4, -0.2) is 28.6 Å². The molecule has 5 nitrogen and oxygen atoms in total. The van der Waals surface area contributed by atoms with Crippen molar-refractivity contribution >= 4 is 11.7 Å². The number of hydrogen-bond donors (Lipinski definition) is 2. The minimum atomic E-state index is -0.963. The van der Waals surface area contributed by atoms with Gasteiger partial charge in [-0.25, -0.2) is 4.79 Å². The third kappa shape index (κ3) is 4.23. The van der Waals surface area contributed by atoms with Gasteiger partial charge in [0.25, 0.3) is 0 Å². The Balaban J connectivity index is 2.05. The minimum Gasteiger partial charge on any atom is -0.482 e. The number of benzene rings is 1. The molecular weight excluding hydrogens is 282 g/mol. The van der Waals surface area contributed by atoms with Crippen LogP contribution in [0.4, 0.5) is 0 Å². The predicted molar refractivity (Wildman–Crippen MR) is 83.8 cm³/mol. The van der Waals surface area contributed by atoms with Crippen molar-refractivity contribution in [2.45, 2.75) is 45.4 Å². The van der Waals surface area contributed by atoms with Crippen LogP contribution in [0.2, 0.25) is 0 Å². The van der Waals surface area contributed by atoms with Crippen molar-refractivity contribution in [2.24, 2.45) is 11.1 Å². The number of oxime groups is 1. The summed E-state index contributed by atoms with van der Waals surface area (Å²) in [6, 6.07) is 5.82. The van der Waals surface area contributed by atoms with Crippen molar-refractivity contribution in [1.29, 1.82) is 0 Å². The molecule has 0 saturated heterocycles. The van der Waals surface area contributed by atoms with Crippen molar-refractivity contribution in [3.8, 4) is 5.75 Å². The Morgan fingerprint density at radius 2 is 2.27 bits per heavy atom. The summed E-state index contributed by atoms with van der Waals surface area (Å²) in [6.07, 6.45) is 5.44. The molecule has 0 radical (unpaired) electrons. The Morgan fingerprint density at radius 3 is 2.95 bits per heavy atom. The molecule has 1 aromatic carbocycles. The van der Waals surface area contributed by atoms with E-state index in [1.165, 1.54) is 5.56 Å². The van der Waals surface area contributed by atoms with E-state index < -0.39 is 5.97 Å². The predicted octanol–water partition coefficient (Wildman–Crippen LogP) is 3.28. The molecule has 1 aliphatic carbocycles. The third-order valence-corrected chi connectivity index (χ3v) is 4.10. The van der Waals surface area contributed by atoms with Crippen LogP contribution in [-0.2, 0) is 17.6 Å². The molecule has 1 aromatic rings. The molecule has 0 aliphatic heterocycles. The highest BCUT2D eigenvalue weighted by molar-refractivity contribution is 5.84. The fraction of sp³-hybridized carbons (Fsp3) is 0.529. The quantitative estimate of drug-likeness (QED) is 0.460. The molecule has 1 atom stereocenters. The maximum absolute atomic E-state index is 10.6. The average Bonchev–Trinajstić information content (AvgIpc) is 2.52. The van der Waals surface area contributed by atoms with Gasteiger partial charge in [0.15, 0.2) is 6.61 Å². The summed E-state index contributed by atoms with van der Waals surface area (Å²) < 4.78 is 5.38. The molecule has 0 saturated carbocycles. The standard InChI is InChI=1S/C17H23NO4/c1-2-4-14(18-21)10-12-7-8-15-13(9-12)5-3-6-16(15)22-11-17(19)20/h3,5-6,12,21H,2,4,7-11H2,1H3,(H,19,20). The number of rotatable bonds is 7. The molecular formula is C17H23NO4. The molecule has 120 valence electrons. The number of aliphatic carboxylic acids is 1. The van der Waals surface area contributed by atoms with Crippen molar-refractivity contribution in [3.63, 3.8) is 0 Å². The van der Waals surface area contributed by atoms with Crippen LogP contribution in [0.1, 0.15) is 43.7 Å². The van der Waals surface area contributed by atoms with Gasteiger partial charge < -0.3 is 15.1 Å². The van der Waals surface area contributed by atoms with Gasteiger partial charge in [0.05, 0.1) is 5.71 Å². The lowest BCUT2D eigenvalue weighted by atomic mass is 9.80. The molecule has 22 heavy (non-hydrogen) atoms. The second-order valence-corrected chi connectivity index (χ2v) is 5.81. The van der Waals surface area contributed by atoms with Crippen LogP contribution in [0.3, 0.4) is 0 Å². The van der Waals surface area contributed by atoms with E-state index in [0.717, 1.165) is 49.8 Å². The highest BCUT2D eigenvalue weighted by Crippen LogP contribution is 2.33. The minimum absolute atomic E-state index is 0.308. The summed E-state index contributed by atoms with van der Waals surface area (Å²) in [5.41, 5.74) is 3.21. The molecule has 1 aliphatic rings. The summed E-state index contributed by atoms with van der Waals surface area (Å²) in [4.78, 5) is 10.6. The van der Waals surface area contributed by atoms with E-state index >= 15 is 0 Å². The second kappa shape index (κ2) is 7.82. The number of ether oxygens (including phenoxy) is 1. The van der Waals surface area contributed by atoms with Gasteiger partial charge in [-0.2, -0.15) is 0 Å². The van der Waals surface area contributed by atoms with Crippen molar-refractivity contribution in [1.82, 2.24) is 0 Å². The van der Waals surface area contributed by atoms with Crippen molar-refractivity contribution in [2.75, 3.05) is 6.61 Å². The van der Waals surface area contributed by atoms with E-state index in [1.807, 2.05) is 12.1 Å². The van der Waals surface area contributed by atoms with E-state index in [4.69, 9.17) is 15.1 Å². The molecule has 2 N–H and O–H groups in total. The molecule has 5 heteroatoms. The van der Waals surface area contributed by atoms with Crippen molar-refractivity contribution in [3.05, 3.63) is 29.3 Å². The summed E-state index contributed by atoms with van der Waals surface area (Å²) >= 11 is 0. The van der Waals surface area contributed by atoms with Crippen LogP contribution >= 0.6 is 0 Å². The SMILES string of the molecule is CCCC(CC1CCc2c(cccc2OCC(=O)O)C1)=NO. The highest BCUT2D eigenvalue weighted by Gasteiger charge is 2.23. The molecule has 0 bridgehead atoms. The fourth-order valence-corrected chi connectivity index (χ4v) is 3.11. The molecule has 0 fully saturated rings. The highest BCUT2D eigenvalue weighted by atomic mass is 16.5. The second-order valence-electron chi connectivity index (χ2n) is 5.81. The zero-order valence-electron chi connectivity index (χ0n) is 12.9. The zero-order valence-corrected chi connectivity index (χ0v) is 12.9. The Labute approximate surface area is 130 Å². The average molecular weight is 305 g/mol. The number of hydrogen-bond acceptors (Lipinski definition) is 4. The number of carboxylic acid groups (broad SMARTS) is 1. The maximum Gasteiger partial charge on any atom is 0.341 e. The summed E-state index contributed by atoms with van der Waals surface area (Å²) in [7, 11) is 0. The first kappa shape index (κ1) is 16.3. The van der Waals surface area contributed by atoms with Crippen LogP contribution in [0.25, 0.3) is 0 Å². The zero-order chi connectivity index (χ0) is 15.9. The van der Waals surface area contributed by atoms with E-state index in [1.54, 1.807) is 0 Å². The molecule has 0 spiro atoms. The number of fused-ring (bicyclic) bond motifs is 1. The molecule has 0 amide bonds. The van der Waals surface area contributed by atoms with Crippen LogP contribution in [0.5, 0.6) is 5.75 Å². The van der Waals surface area contributed by atoms with Gasteiger partial charge in [-0.05, 0) is 55.2 Å². The lowest BCUT2D eigenvalue weighted by molar-refractivity contribution is -0.139. The van der Waals surface area contributed by atoms with E-state index in [2.05, 4.69) is 18.1 Å². The van der Waals surface area contributed by atoms with Gasteiger partial charge in [0.2, 0.25) is 0 Å². The van der Waals surface area contributed by atoms with Gasteiger partial charge in [-0.1, -0.05) is 30.6 Å². The Morgan fingerprint density at radius 1 is 1.45 bits per heavy atom. The lowest BCUT2D eigenvalue weighted by Crippen LogP contribution is -2.19. The van der Waals surface area contributed by atoms with Crippen molar-refractivity contribution < 1.29 is 19.8 Å². The molecule has 0 aromatic heterocycles. The maximum atomic E-state index is 10.6.